The van der Waals surface area contributed by atoms with Gasteiger partial charge in [-0.25, -0.2) is 0 Å². The van der Waals surface area contributed by atoms with E-state index in [2.05, 4.69) is 34.6 Å². The van der Waals surface area contributed by atoms with Crippen LogP contribution >= 0.6 is 0 Å². The number of hydrogen-bond donors (Lipinski definition) is 0. The standard InChI is InChI=1S/C65H126O6/c1-6-8-9-10-11-12-13-14-15-16-20-24-27-30-37-42-47-52-57-65(68)71-62(59-70-64(67)56-51-46-41-36-32-31-33-38-43-48-53-60(3)4)58-69-63(66)55-50-45-40-35-29-26-23-21-18-17-19-22-25-28-34-39-44-49-54-61(5)7-2/h60-62H,6-59H2,1-5H3/t61?,62-/m0/s1. The van der Waals surface area contributed by atoms with Crippen molar-refractivity contribution in [2.24, 2.45) is 11.8 Å². The van der Waals surface area contributed by atoms with Crippen molar-refractivity contribution in [2.45, 2.75) is 375 Å². The molecule has 0 rings (SSSR count). The summed E-state index contributed by atoms with van der Waals surface area (Å²) in [5, 5.41) is 0. The second-order valence-corrected chi connectivity index (χ2v) is 23.1. The van der Waals surface area contributed by atoms with E-state index < -0.39 is 6.10 Å². The summed E-state index contributed by atoms with van der Waals surface area (Å²) in [5.74, 6) is 0.896. The van der Waals surface area contributed by atoms with Gasteiger partial charge in [-0.2, -0.15) is 0 Å². The maximum absolute atomic E-state index is 12.9. The second kappa shape index (κ2) is 57.7. The molecule has 0 saturated carbocycles. The molecule has 0 aliphatic heterocycles. The Morgan fingerprint density at radius 2 is 0.535 bits per heavy atom. The monoisotopic (exact) mass is 1000 g/mol. The first-order valence-corrected chi connectivity index (χ1v) is 32.3. The summed E-state index contributed by atoms with van der Waals surface area (Å²) < 4.78 is 17.0. The van der Waals surface area contributed by atoms with Crippen LogP contribution in [-0.2, 0) is 28.6 Å². The summed E-state index contributed by atoms with van der Waals surface area (Å²) in [7, 11) is 0. The van der Waals surface area contributed by atoms with Gasteiger partial charge in [0.05, 0.1) is 0 Å². The van der Waals surface area contributed by atoms with E-state index in [1.165, 1.54) is 257 Å². The Kier molecular flexibility index (Phi) is 56.4. The molecule has 0 radical (unpaired) electrons. The van der Waals surface area contributed by atoms with E-state index in [1.807, 2.05) is 0 Å². The highest BCUT2D eigenvalue weighted by Gasteiger charge is 2.19. The Balaban J connectivity index is 4.24. The Morgan fingerprint density at radius 1 is 0.296 bits per heavy atom. The Hall–Kier alpha value is -1.59. The van der Waals surface area contributed by atoms with Crippen LogP contribution in [0.5, 0.6) is 0 Å². The van der Waals surface area contributed by atoms with E-state index in [9.17, 15) is 14.4 Å². The molecule has 0 amide bonds. The highest BCUT2D eigenvalue weighted by molar-refractivity contribution is 5.71. The lowest BCUT2D eigenvalue weighted by atomic mass is 9.99. The molecule has 71 heavy (non-hydrogen) atoms. The van der Waals surface area contributed by atoms with Crippen molar-refractivity contribution in [3.05, 3.63) is 0 Å². The van der Waals surface area contributed by atoms with Crippen molar-refractivity contribution >= 4 is 17.9 Å². The molecule has 422 valence electrons. The summed E-state index contributed by atoms with van der Waals surface area (Å²) in [6, 6.07) is 0. The van der Waals surface area contributed by atoms with Gasteiger partial charge in [-0.1, -0.05) is 330 Å². The van der Waals surface area contributed by atoms with Gasteiger partial charge >= 0.3 is 17.9 Å². The molecule has 1 unspecified atom stereocenters. The van der Waals surface area contributed by atoms with Gasteiger partial charge in [-0.3, -0.25) is 14.4 Å². The van der Waals surface area contributed by atoms with E-state index in [4.69, 9.17) is 14.2 Å². The van der Waals surface area contributed by atoms with Gasteiger partial charge < -0.3 is 14.2 Å². The van der Waals surface area contributed by atoms with E-state index in [0.717, 1.165) is 69.6 Å². The first-order chi connectivity index (χ1) is 34.8. The topological polar surface area (TPSA) is 78.9 Å². The number of carbonyl (C=O) groups excluding carboxylic acids is 3. The third-order valence-electron chi connectivity index (χ3n) is 15.3. The molecule has 0 aliphatic carbocycles. The van der Waals surface area contributed by atoms with Crippen LogP contribution in [0.25, 0.3) is 0 Å². The minimum Gasteiger partial charge on any atom is -0.462 e. The van der Waals surface area contributed by atoms with Gasteiger partial charge in [0.25, 0.3) is 0 Å². The predicted molar refractivity (Wildman–Crippen MR) is 307 cm³/mol. The van der Waals surface area contributed by atoms with Gasteiger partial charge in [0.15, 0.2) is 6.10 Å². The molecule has 0 aromatic carbocycles. The molecule has 0 N–H and O–H groups in total. The number of unbranched alkanes of at least 4 members (excludes halogenated alkanes) is 43. The highest BCUT2D eigenvalue weighted by atomic mass is 16.6. The van der Waals surface area contributed by atoms with Crippen molar-refractivity contribution in [1.82, 2.24) is 0 Å². The van der Waals surface area contributed by atoms with Crippen molar-refractivity contribution in [3.8, 4) is 0 Å². The van der Waals surface area contributed by atoms with Crippen molar-refractivity contribution in [2.75, 3.05) is 13.2 Å². The Bertz CT molecular complexity index is 1090. The van der Waals surface area contributed by atoms with E-state index in [-0.39, 0.29) is 31.1 Å². The molecule has 0 aromatic heterocycles. The molecule has 0 aromatic rings. The fourth-order valence-corrected chi connectivity index (χ4v) is 10.1. The van der Waals surface area contributed by atoms with E-state index >= 15 is 0 Å². The van der Waals surface area contributed by atoms with E-state index in [0.29, 0.717) is 19.3 Å². The van der Waals surface area contributed by atoms with Crippen LogP contribution in [0.1, 0.15) is 369 Å². The van der Waals surface area contributed by atoms with Crippen LogP contribution < -0.4 is 0 Å². The number of hydrogen-bond acceptors (Lipinski definition) is 6. The first-order valence-electron chi connectivity index (χ1n) is 32.3. The Morgan fingerprint density at radius 3 is 0.803 bits per heavy atom. The Labute approximate surface area is 444 Å². The molecule has 6 nitrogen and oxygen atoms in total. The van der Waals surface area contributed by atoms with Crippen molar-refractivity contribution in [3.63, 3.8) is 0 Å². The van der Waals surface area contributed by atoms with Crippen molar-refractivity contribution in [1.29, 1.82) is 0 Å². The molecule has 0 bridgehead atoms. The summed E-state index contributed by atoms with van der Waals surface area (Å²) in [6.07, 6.45) is 63.9. The molecule has 6 heteroatoms. The average molecular weight is 1000 g/mol. The molecule has 0 aliphatic rings. The number of rotatable bonds is 59. The SMILES string of the molecule is CCCCCCCCCCCCCCCCCCCCC(=O)O[C@@H](COC(=O)CCCCCCCCCCCCCCCCCCCCC(C)CC)COC(=O)CCCCCCCCCCCCC(C)C. The van der Waals surface area contributed by atoms with E-state index in [1.54, 1.807) is 0 Å². The fraction of sp³-hybridized carbons (Fsp3) is 0.954. The third kappa shape index (κ3) is 57.5. The molecular weight excluding hydrogens is 877 g/mol. The first kappa shape index (κ1) is 69.4. The summed E-state index contributed by atoms with van der Waals surface area (Å²) in [5.41, 5.74) is 0. The lowest BCUT2D eigenvalue weighted by Crippen LogP contribution is -2.30. The van der Waals surface area contributed by atoms with Gasteiger partial charge in [0.1, 0.15) is 13.2 Å². The minimum absolute atomic E-state index is 0.0621. The molecular formula is C65H126O6. The summed E-state index contributed by atoms with van der Waals surface area (Å²) in [6.45, 7) is 11.5. The molecule has 0 saturated heterocycles. The maximum atomic E-state index is 12.9. The molecule has 0 fully saturated rings. The zero-order valence-electron chi connectivity index (χ0n) is 48.9. The van der Waals surface area contributed by atoms with Gasteiger partial charge in [0.2, 0.25) is 0 Å². The molecule has 2 atom stereocenters. The number of esters is 3. The van der Waals surface area contributed by atoms with Gasteiger partial charge in [-0.15, -0.1) is 0 Å². The quantitative estimate of drug-likeness (QED) is 0.0343. The number of carbonyl (C=O) groups is 3. The lowest BCUT2D eigenvalue weighted by molar-refractivity contribution is -0.167. The van der Waals surface area contributed by atoms with Crippen LogP contribution in [0.2, 0.25) is 0 Å². The smallest absolute Gasteiger partial charge is 0.306 e. The average Bonchev–Trinajstić information content (AvgIpc) is 3.36. The second-order valence-electron chi connectivity index (χ2n) is 23.1. The summed E-state index contributed by atoms with van der Waals surface area (Å²) in [4.78, 5) is 38.3. The van der Waals surface area contributed by atoms with Crippen LogP contribution in [0.3, 0.4) is 0 Å². The molecule has 0 heterocycles. The zero-order valence-corrected chi connectivity index (χ0v) is 48.9. The zero-order chi connectivity index (χ0) is 51.8. The van der Waals surface area contributed by atoms with Gasteiger partial charge in [0, 0.05) is 19.3 Å². The minimum atomic E-state index is -0.764. The van der Waals surface area contributed by atoms with Crippen LogP contribution in [0.4, 0.5) is 0 Å². The summed E-state index contributed by atoms with van der Waals surface area (Å²) >= 11 is 0. The third-order valence-corrected chi connectivity index (χ3v) is 15.3. The predicted octanol–water partition coefficient (Wildman–Crippen LogP) is 21.6. The normalized spacial score (nSPS) is 12.4. The maximum Gasteiger partial charge on any atom is 0.306 e. The van der Waals surface area contributed by atoms with Gasteiger partial charge in [-0.05, 0) is 31.1 Å². The van der Waals surface area contributed by atoms with Crippen LogP contribution in [-0.4, -0.2) is 37.2 Å². The number of ether oxygens (including phenoxy) is 3. The van der Waals surface area contributed by atoms with Crippen LogP contribution in [0.15, 0.2) is 0 Å². The van der Waals surface area contributed by atoms with Crippen molar-refractivity contribution < 1.29 is 28.6 Å². The highest BCUT2D eigenvalue weighted by Crippen LogP contribution is 2.19. The lowest BCUT2D eigenvalue weighted by Gasteiger charge is -2.18. The largest absolute Gasteiger partial charge is 0.462 e. The fourth-order valence-electron chi connectivity index (χ4n) is 10.1. The molecule has 0 spiro atoms. The van der Waals surface area contributed by atoms with Crippen LogP contribution in [0, 0.1) is 11.8 Å².